The van der Waals surface area contributed by atoms with E-state index in [1.807, 2.05) is 18.2 Å². The molecule has 2 aromatic rings. The van der Waals surface area contributed by atoms with Gasteiger partial charge >= 0.3 is 0 Å². The van der Waals surface area contributed by atoms with Crippen molar-refractivity contribution in [1.82, 2.24) is 9.97 Å². The van der Waals surface area contributed by atoms with Crippen LogP contribution in [0.2, 0.25) is 0 Å². The lowest BCUT2D eigenvalue weighted by Crippen LogP contribution is -2.10. The molecule has 3 heteroatoms. The van der Waals surface area contributed by atoms with Gasteiger partial charge in [-0.2, -0.15) is 0 Å². The van der Waals surface area contributed by atoms with E-state index in [0.717, 1.165) is 28.6 Å². The van der Waals surface area contributed by atoms with Gasteiger partial charge in [-0.1, -0.05) is 18.6 Å². The Labute approximate surface area is 100 Å². The SMILES string of the molecule is c1ccc2c(NC3[C@H]4CCC[C@@H]34)ncnc2c1. The molecule has 3 nitrogen and oxygen atoms in total. The largest absolute Gasteiger partial charge is 0.366 e. The zero-order valence-corrected chi connectivity index (χ0v) is 9.63. The van der Waals surface area contributed by atoms with E-state index in [2.05, 4.69) is 21.4 Å². The summed E-state index contributed by atoms with van der Waals surface area (Å²) >= 11 is 0. The van der Waals surface area contributed by atoms with Gasteiger partial charge in [0.1, 0.15) is 12.1 Å². The molecule has 1 aromatic carbocycles. The van der Waals surface area contributed by atoms with Crippen molar-refractivity contribution in [2.75, 3.05) is 5.32 Å². The van der Waals surface area contributed by atoms with Crippen LogP contribution in [0.15, 0.2) is 30.6 Å². The predicted molar refractivity (Wildman–Crippen MR) is 67.8 cm³/mol. The van der Waals surface area contributed by atoms with E-state index in [-0.39, 0.29) is 0 Å². The minimum absolute atomic E-state index is 0.669. The molecule has 1 heterocycles. The van der Waals surface area contributed by atoms with Crippen molar-refractivity contribution in [3.8, 4) is 0 Å². The smallest absolute Gasteiger partial charge is 0.137 e. The van der Waals surface area contributed by atoms with Gasteiger partial charge in [0.2, 0.25) is 0 Å². The summed E-state index contributed by atoms with van der Waals surface area (Å²) in [6, 6.07) is 8.86. The minimum Gasteiger partial charge on any atom is -0.366 e. The predicted octanol–water partition coefficient (Wildman–Crippen LogP) is 2.84. The quantitative estimate of drug-likeness (QED) is 0.854. The molecule has 2 saturated carbocycles. The summed E-state index contributed by atoms with van der Waals surface area (Å²) in [7, 11) is 0. The molecule has 0 saturated heterocycles. The molecular formula is C14H15N3. The Morgan fingerprint density at radius 3 is 2.76 bits per heavy atom. The Hall–Kier alpha value is -1.64. The number of anilines is 1. The first-order valence-corrected chi connectivity index (χ1v) is 6.40. The lowest BCUT2D eigenvalue weighted by Gasteiger charge is -2.09. The van der Waals surface area contributed by atoms with Crippen LogP contribution in [0, 0.1) is 11.8 Å². The van der Waals surface area contributed by atoms with Crippen LogP contribution in [-0.4, -0.2) is 16.0 Å². The van der Waals surface area contributed by atoms with E-state index in [9.17, 15) is 0 Å². The summed E-state index contributed by atoms with van der Waals surface area (Å²) in [6.45, 7) is 0. The van der Waals surface area contributed by atoms with Crippen molar-refractivity contribution < 1.29 is 0 Å². The first-order chi connectivity index (χ1) is 8.43. The van der Waals surface area contributed by atoms with Gasteiger partial charge in [0.05, 0.1) is 5.52 Å². The van der Waals surface area contributed by atoms with E-state index in [1.165, 1.54) is 19.3 Å². The number of hydrogen-bond acceptors (Lipinski definition) is 3. The van der Waals surface area contributed by atoms with Crippen LogP contribution >= 0.6 is 0 Å². The molecule has 2 fully saturated rings. The van der Waals surface area contributed by atoms with Crippen molar-refractivity contribution in [2.45, 2.75) is 25.3 Å². The maximum atomic E-state index is 4.39. The van der Waals surface area contributed by atoms with E-state index >= 15 is 0 Å². The molecule has 2 aliphatic rings. The van der Waals surface area contributed by atoms with Gasteiger partial charge in [0.15, 0.2) is 0 Å². The van der Waals surface area contributed by atoms with Crippen molar-refractivity contribution in [3.63, 3.8) is 0 Å². The Balaban J connectivity index is 1.67. The summed E-state index contributed by atoms with van der Waals surface area (Å²) in [5.74, 6) is 2.82. The second-order valence-electron chi connectivity index (χ2n) is 5.17. The first-order valence-electron chi connectivity index (χ1n) is 6.40. The summed E-state index contributed by atoms with van der Waals surface area (Å²) < 4.78 is 0. The van der Waals surface area contributed by atoms with Gasteiger partial charge in [0.25, 0.3) is 0 Å². The van der Waals surface area contributed by atoms with Gasteiger partial charge in [-0.3, -0.25) is 0 Å². The highest BCUT2D eigenvalue weighted by molar-refractivity contribution is 5.88. The van der Waals surface area contributed by atoms with Gasteiger partial charge in [-0.25, -0.2) is 9.97 Å². The second kappa shape index (κ2) is 3.42. The molecule has 1 unspecified atom stereocenters. The Morgan fingerprint density at radius 1 is 1.06 bits per heavy atom. The van der Waals surface area contributed by atoms with Gasteiger partial charge < -0.3 is 5.32 Å². The molecule has 4 rings (SSSR count). The second-order valence-corrected chi connectivity index (χ2v) is 5.17. The average Bonchev–Trinajstić information content (AvgIpc) is 2.83. The first kappa shape index (κ1) is 9.40. The lowest BCUT2D eigenvalue weighted by molar-refractivity contribution is 0.695. The molecule has 3 atom stereocenters. The average molecular weight is 225 g/mol. The number of nitrogens with one attached hydrogen (secondary N) is 1. The third-order valence-electron chi connectivity index (χ3n) is 4.25. The van der Waals surface area contributed by atoms with Gasteiger partial charge in [-0.15, -0.1) is 0 Å². The standard InChI is InChI=1S/C14H15N3/c1-2-7-12-11(4-1)14(16-8-15-12)17-13-9-5-3-6-10(9)13/h1-2,4,7-10,13H,3,5-6H2,(H,15,16,17)/t9-,10+,13?. The van der Waals surface area contributed by atoms with Gasteiger partial charge in [-0.05, 0) is 36.8 Å². The van der Waals surface area contributed by atoms with Crippen LogP contribution in [0.5, 0.6) is 0 Å². The third kappa shape index (κ3) is 1.42. The van der Waals surface area contributed by atoms with Crippen LogP contribution in [-0.2, 0) is 0 Å². The highest BCUT2D eigenvalue weighted by Crippen LogP contribution is 2.53. The molecule has 1 N–H and O–H groups in total. The van der Waals surface area contributed by atoms with Crippen LogP contribution in [0.4, 0.5) is 5.82 Å². The Kier molecular flexibility index (Phi) is 1.89. The van der Waals surface area contributed by atoms with Crippen LogP contribution in [0.1, 0.15) is 19.3 Å². The van der Waals surface area contributed by atoms with Crippen LogP contribution in [0.3, 0.4) is 0 Å². The third-order valence-corrected chi connectivity index (χ3v) is 4.25. The highest BCUT2D eigenvalue weighted by Gasteiger charge is 2.52. The van der Waals surface area contributed by atoms with Gasteiger partial charge in [0, 0.05) is 11.4 Å². The molecule has 1 aromatic heterocycles. The van der Waals surface area contributed by atoms with Crippen LogP contribution < -0.4 is 5.32 Å². The fourth-order valence-electron chi connectivity index (χ4n) is 3.31. The zero-order chi connectivity index (χ0) is 11.2. The Bertz CT molecular complexity index is 551. The molecule has 0 radical (unpaired) electrons. The summed E-state index contributed by atoms with van der Waals surface area (Å²) in [5.41, 5.74) is 1.02. The molecule has 0 bridgehead atoms. The number of rotatable bonds is 2. The monoisotopic (exact) mass is 225 g/mol. The molecule has 2 aliphatic carbocycles. The fourth-order valence-corrected chi connectivity index (χ4v) is 3.31. The van der Waals surface area contributed by atoms with Crippen molar-refractivity contribution in [1.29, 1.82) is 0 Å². The molecule has 0 aliphatic heterocycles. The molecule has 0 spiro atoms. The normalized spacial score (nSPS) is 30.2. The summed E-state index contributed by atoms with van der Waals surface area (Å²) in [4.78, 5) is 8.68. The number of hydrogen-bond donors (Lipinski definition) is 1. The molecule has 17 heavy (non-hydrogen) atoms. The van der Waals surface area contributed by atoms with Crippen LogP contribution in [0.25, 0.3) is 10.9 Å². The fraction of sp³-hybridized carbons (Fsp3) is 0.429. The Morgan fingerprint density at radius 2 is 1.88 bits per heavy atom. The molecular weight excluding hydrogens is 210 g/mol. The number of benzene rings is 1. The number of nitrogens with zero attached hydrogens (tertiary/aromatic N) is 2. The molecule has 86 valence electrons. The van der Waals surface area contributed by atoms with E-state index in [1.54, 1.807) is 6.33 Å². The number of para-hydroxylation sites is 1. The minimum atomic E-state index is 0.669. The van der Waals surface area contributed by atoms with Crippen molar-refractivity contribution in [3.05, 3.63) is 30.6 Å². The summed E-state index contributed by atoms with van der Waals surface area (Å²) in [6.07, 6.45) is 5.86. The number of fused-ring (bicyclic) bond motifs is 2. The lowest BCUT2D eigenvalue weighted by atomic mass is 10.2. The maximum Gasteiger partial charge on any atom is 0.137 e. The van der Waals surface area contributed by atoms with E-state index < -0.39 is 0 Å². The number of aromatic nitrogens is 2. The van der Waals surface area contributed by atoms with Crippen molar-refractivity contribution in [2.24, 2.45) is 11.8 Å². The summed E-state index contributed by atoms with van der Waals surface area (Å²) in [5, 5.41) is 4.75. The topological polar surface area (TPSA) is 37.8 Å². The highest BCUT2D eigenvalue weighted by atomic mass is 15.1. The van der Waals surface area contributed by atoms with E-state index in [4.69, 9.17) is 0 Å². The van der Waals surface area contributed by atoms with Crippen molar-refractivity contribution >= 4 is 16.7 Å². The zero-order valence-electron chi connectivity index (χ0n) is 9.63. The maximum absolute atomic E-state index is 4.39. The molecule has 0 amide bonds. The van der Waals surface area contributed by atoms with E-state index in [0.29, 0.717) is 6.04 Å².